The van der Waals surface area contributed by atoms with Crippen LogP contribution in [-0.4, -0.2) is 32.1 Å². The first-order valence-electron chi connectivity index (χ1n) is 11.1. The summed E-state index contributed by atoms with van der Waals surface area (Å²) in [6.45, 7) is 0. The highest BCUT2D eigenvalue weighted by Crippen LogP contribution is 2.39. The van der Waals surface area contributed by atoms with E-state index in [0.29, 0.717) is 0 Å². The van der Waals surface area contributed by atoms with E-state index in [1.807, 2.05) is 0 Å². The number of nitro groups is 1. The Morgan fingerprint density at radius 1 is 1.08 bits per heavy atom. The van der Waals surface area contributed by atoms with E-state index in [9.17, 15) is 28.5 Å². The molecule has 1 aliphatic carbocycles. The highest BCUT2D eigenvalue weighted by molar-refractivity contribution is 6.02. The molecule has 0 unspecified atom stereocenters. The minimum Gasteiger partial charge on any atom is -0.481 e. The molecule has 1 heterocycles. The minimum atomic E-state index is -1.10. The largest absolute Gasteiger partial charge is 0.481 e. The zero-order chi connectivity index (χ0) is 25.8. The number of carboxylic acid groups (broad SMARTS) is 1. The van der Waals surface area contributed by atoms with Gasteiger partial charge >= 0.3 is 23.8 Å². The molecule has 3 N–H and O–H groups in total. The Kier molecular flexibility index (Phi) is 7.17. The molecule has 1 saturated carbocycles. The van der Waals surface area contributed by atoms with Crippen LogP contribution in [0.2, 0.25) is 0 Å². The number of nitrogens with zero attached hydrogens (tertiary/aromatic N) is 3. The van der Waals surface area contributed by atoms with Crippen LogP contribution in [0.25, 0.3) is 0 Å². The summed E-state index contributed by atoms with van der Waals surface area (Å²) in [5.74, 6) is -4.21. The summed E-state index contributed by atoms with van der Waals surface area (Å²) in [4.78, 5) is 34.5. The van der Waals surface area contributed by atoms with Gasteiger partial charge in [-0.2, -0.15) is 0 Å². The van der Waals surface area contributed by atoms with Crippen LogP contribution in [0.5, 0.6) is 0 Å². The predicted molar refractivity (Wildman–Crippen MR) is 122 cm³/mol. The molecule has 0 atom stereocenters. The third-order valence-electron chi connectivity index (χ3n) is 6.04. The van der Waals surface area contributed by atoms with Crippen LogP contribution >= 0.6 is 0 Å². The normalized spacial score (nSPS) is 17.4. The van der Waals surface area contributed by atoms with E-state index in [1.54, 1.807) is 6.07 Å². The van der Waals surface area contributed by atoms with E-state index in [1.165, 1.54) is 18.2 Å². The zero-order valence-electron chi connectivity index (χ0n) is 18.7. The third kappa shape index (κ3) is 5.79. The maximum Gasteiger partial charge on any atom is 0.320 e. The summed E-state index contributed by atoms with van der Waals surface area (Å²) in [6.07, 6.45) is 3.00. The van der Waals surface area contributed by atoms with Gasteiger partial charge in [0, 0.05) is 24.2 Å². The van der Waals surface area contributed by atoms with Gasteiger partial charge in [-0.15, -0.1) is 5.10 Å². The van der Waals surface area contributed by atoms with E-state index in [4.69, 9.17) is 9.52 Å². The lowest BCUT2D eigenvalue weighted by molar-refractivity contribution is -0.384. The van der Waals surface area contributed by atoms with E-state index < -0.39 is 34.3 Å². The number of hydrogen-bond acceptors (Lipinski definition) is 8. The van der Waals surface area contributed by atoms with E-state index in [-0.39, 0.29) is 41.3 Å². The van der Waals surface area contributed by atoms with Crippen molar-refractivity contribution in [2.45, 2.75) is 38.0 Å². The monoisotopic (exact) mass is 501 g/mol. The summed E-state index contributed by atoms with van der Waals surface area (Å²) in [6, 6.07) is 7.23. The number of aliphatic carboxylic acids is 1. The quantitative estimate of drug-likeness (QED) is 0.285. The Morgan fingerprint density at radius 2 is 1.83 bits per heavy atom. The van der Waals surface area contributed by atoms with Gasteiger partial charge in [0.15, 0.2) is 11.6 Å². The van der Waals surface area contributed by atoms with Crippen molar-refractivity contribution >= 4 is 35.0 Å². The molecule has 13 heteroatoms. The van der Waals surface area contributed by atoms with Crippen LogP contribution in [0.3, 0.4) is 0 Å². The maximum absolute atomic E-state index is 13.3. The molecule has 1 fully saturated rings. The third-order valence-corrected chi connectivity index (χ3v) is 6.04. The molecular formula is C23H21F2N5O6. The van der Waals surface area contributed by atoms with Crippen LogP contribution in [0, 0.1) is 27.7 Å². The fourth-order valence-electron chi connectivity index (χ4n) is 4.24. The predicted octanol–water partition coefficient (Wildman–Crippen LogP) is 5.00. The van der Waals surface area contributed by atoms with Crippen molar-refractivity contribution < 1.29 is 32.8 Å². The number of carbonyl (C=O) groups excluding carboxylic acids is 1. The van der Waals surface area contributed by atoms with Crippen LogP contribution in [-0.2, 0) is 4.79 Å². The Bertz CT molecular complexity index is 1310. The van der Waals surface area contributed by atoms with Gasteiger partial charge < -0.3 is 20.2 Å². The lowest BCUT2D eigenvalue weighted by Crippen LogP contribution is -2.17. The number of rotatable bonds is 8. The fraction of sp³-hybridized carbons (Fsp3) is 0.304. The first-order chi connectivity index (χ1) is 17.2. The topological polar surface area (TPSA) is 160 Å². The van der Waals surface area contributed by atoms with Crippen molar-refractivity contribution in [3.8, 4) is 0 Å². The van der Waals surface area contributed by atoms with E-state index >= 15 is 0 Å². The average Bonchev–Trinajstić information content (AvgIpc) is 3.30. The Labute approximate surface area is 202 Å². The lowest BCUT2D eigenvalue weighted by Gasteiger charge is -2.28. The summed E-state index contributed by atoms with van der Waals surface area (Å²) >= 11 is 0. The average molecular weight is 501 g/mol. The molecule has 0 spiro atoms. The number of nitro benzene ring substituents is 1. The summed E-state index contributed by atoms with van der Waals surface area (Å²) in [5.41, 5.74) is 0.465. The van der Waals surface area contributed by atoms with Gasteiger partial charge in [-0.3, -0.25) is 19.7 Å². The maximum atomic E-state index is 13.3. The van der Waals surface area contributed by atoms with Gasteiger partial charge in [-0.25, -0.2) is 8.78 Å². The van der Waals surface area contributed by atoms with E-state index in [2.05, 4.69) is 20.8 Å². The van der Waals surface area contributed by atoms with Gasteiger partial charge in [0.25, 0.3) is 5.69 Å². The number of halogens is 2. The molecule has 0 aliphatic heterocycles. The van der Waals surface area contributed by atoms with Crippen molar-refractivity contribution in [1.29, 1.82) is 0 Å². The van der Waals surface area contributed by atoms with Crippen LogP contribution in [0.15, 0.2) is 40.8 Å². The molecule has 1 aromatic heterocycles. The van der Waals surface area contributed by atoms with Gasteiger partial charge in [-0.1, -0.05) is 11.2 Å². The molecule has 2 aromatic carbocycles. The Balaban J connectivity index is 1.43. The van der Waals surface area contributed by atoms with E-state index in [0.717, 1.165) is 43.4 Å². The number of carboxylic acids is 1. The molecule has 4 rings (SSSR count). The molecule has 188 valence electrons. The summed E-state index contributed by atoms with van der Waals surface area (Å²) in [7, 11) is 0. The molecule has 0 saturated heterocycles. The standard InChI is InChI=1S/C23H21F2N5O6/c24-16-7-6-15(11-17(16)25)26-23-29-28-22(36-23)21(33)27-18-8-5-14(10-19(18)30(34)35)13-3-1-12(2-4-13)9-20(31)32/h5-8,10-13H,1-4,9H2,(H,26,29)(H,27,33)(H,31,32). The Hall–Kier alpha value is -4.42. The number of nitrogens with one attached hydrogen (secondary N) is 2. The first-order valence-corrected chi connectivity index (χ1v) is 11.1. The zero-order valence-corrected chi connectivity index (χ0v) is 18.7. The number of hydrogen-bond donors (Lipinski definition) is 3. The molecular weight excluding hydrogens is 480 g/mol. The Morgan fingerprint density at radius 3 is 2.50 bits per heavy atom. The number of anilines is 3. The highest BCUT2D eigenvalue weighted by atomic mass is 19.2. The molecule has 3 aromatic rings. The van der Waals surface area contributed by atoms with Gasteiger partial charge in [0.2, 0.25) is 0 Å². The number of aromatic nitrogens is 2. The molecule has 1 amide bonds. The van der Waals surface area contributed by atoms with Gasteiger partial charge in [0.1, 0.15) is 5.69 Å². The van der Waals surface area contributed by atoms with Crippen molar-refractivity contribution in [1.82, 2.24) is 10.2 Å². The fourth-order valence-corrected chi connectivity index (χ4v) is 4.24. The minimum absolute atomic E-state index is 0.0550. The number of carbonyl (C=O) groups is 2. The number of amides is 1. The summed E-state index contributed by atoms with van der Waals surface area (Å²) in [5, 5.41) is 32.7. The SMILES string of the molecule is O=C(O)CC1CCC(c2ccc(NC(=O)c3nnc(Nc4ccc(F)c(F)c4)o3)c([N+](=O)[O-])c2)CC1. The smallest absolute Gasteiger partial charge is 0.320 e. The second kappa shape index (κ2) is 10.5. The first kappa shape index (κ1) is 24.7. The summed E-state index contributed by atoms with van der Waals surface area (Å²) < 4.78 is 31.6. The van der Waals surface area contributed by atoms with Crippen LogP contribution < -0.4 is 10.6 Å². The highest BCUT2D eigenvalue weighted by Gasteiger charge is 2.27. The van der Waals surface area contributed by atoms with Crippen LogP contribution in [0.1, 0.15) is 54.3 Å². The second-order valence-corrected chi connectivity index (χ2v) is 8.47. The van der Waals surface area contributed by atoms with Gasteiger partial charge in [0.05, 0.1) is 4.92 Å². The lowest BCUT2D eigenvalue weighted by atomic mass is 9.77. The van der Waals surface area contributed by atoms with Gasteiger partial charge in [-0.05, 0) is 61.3 Å². The van der Waals surface area contributed by atoms with Crippen molar-refractivity contribution in [2.75, 3.05) is 10.6 Å². The molecule has 0 radical (unpaired) electrons. The van der Waals surface area contributed by atoms with Crippen molar-refractivity contribution in [3.05, 3.63) is 69.6 Å². The molecule has 11 nitrogen and oxygen atoms in total. The second-order valence-electron chi connectivity index (χ2n) is 8.47. The molecule has 0 bridgehead atoms. The van der Waals surface area contributed by atoms with Crippen molar-refractivity contribution in [3.63, 3.8) is 0 Å². The molecule has 1 aliphatic rings. The van der Waals surface area contributed by atoms with Crippen LogP contribution in [0.4, 0.5) is 31.9 Å². The van der Waals surface area contributed by atoms with Crippen molar-refractivity contribution in [2.24, 2.45) is 5.92 Å². The molecule has 36 heavy (non-hydrogen) atoms. The number of benzene rings is 2.